The minimum absolute atomic E-state index is 0.148. The predicted molar refractivity (Wildman–Crippen MR) is 29.3 cm³/mol. The highest BCUT2D eigenvalue weighted by Gasteiger charge is 1.91. The second-order valence-corrected chi connectivity index (χ2v) is 1.09. The van der Waals surface area contributed by atoms with E-state index in [0.29, 0.717) is 0 Å². The Morgan fingerprint density at radius 3 is 3.00 bits per heavy atom. The van der Waals surface area contributed by atoms with Crippen molar-refractivity contribution in [3.05, 3.63) is 0 Å². The van der Waals surface area contributed by atoms with Crippen molar-refractivity contribution >= 4 is 12.1 Å². The first-order valence-corrected chi connectivity index (χ1v) is 2.14. The lowest BCUT2D eigenvalue weighted by atomic mass is 10.7. The molecule has 0 aliphatic carbocycles. The number of rotatable bonds is 2. The van der Waals surface area contributed by atoms with Gasteiger partial charge in [0.1, 0.15) is 6.61 Å². The SMILES string of the molecule is C/C=N/C(=O)CON. The van der Waals surface area contributed by atoms with Crippen LogP contribution in [0.4, 0.5) is 0 Å². The minimum Gasteiger partial charge on any atom is -0.295 e. The summed E-state index contributed by atoms with van der Waals surface area (Å²) in [6.45, 7) is 1.50. The topological polar surface area (TPSA) is 64.7 Å². The van der Waals surface area contributed by atoms with Gasteiger partial charge in [0.25, 0.3) is 5.91 Å². The molecule has 0 aromatic carbocycles. The van der Waals surface area contributed by atoms with E-state index >= 15 is 0 Å². The first-order chi connectivity index (χ1) is 3.81. The lowest BCUT2D eigenvalue weighted by Gasteiger charge is -1.86. The fourth-order valence-electron chi connectivity index (χ4n) is 0.253. The quantitative estimate of drug-likeness (QED) is 0.390. The van der Waals surface area contributed by atoms with Crippen molar-refractivity contribution < 1.29 is 9.63 Å². The van der Waals surface area contributed by atoms with E-state index in [1.165, 1.54) is 6.21 Å². The smallest absolute Gasteiger partial charge is 0.273 e. The molecule has 46 valence electrons. The first kappa shape index (κ1) is 7.26. The van der Waals surface area contributed by atoms with E-state index in [0.717, 1.165) is 0 Å². The molecule has 0 bridgehead atoms. The number of hydrogen-bond acceptors (Lipinski definition) is 3. The number of nitrogens with two attached hydrogens (primary N) is 1. The summed E-state index contributed by atoms with van der Waals surface area (Å²) in [7, 11) is 0. The van der Waals surface area contributed by atoms with Crippen molar-refractivity contribution in [3.8, 4) is 0 Å². The Bertz CT molecular complexity index is 100. The fourth-order valence-corrected chi connectivity index (χ4v) is 0.253. The molecule has 0 radical (unpaired) electrons. The average Bonchev–Trinajstić information content (AvgIpc) is 1.68. The predicted octanol–water partition coefficient (Wildman–Crippen LogP) is -0.506. The molecule has 0 aromatic heterocycles. The highest BCUT2D eigenvalue weighted by atomic mass is 16.6. The maximum atomic E-state index is 10.2. The van der Waals surface area contributed by atoms with Gasteiger partial charge in [0.05, 0.1) is 0 Å². The number of carbonyl (C=O) groups is 1. The molecule has 0 atom stereocenters. The van der Waals surface area contributed by atoms with Gasteiger partial charge >= 0.3 is 0 Å². The van der Waals surface area contributed by atoms with Gasteiger partial charge in [-0.2, -0.15) is 0 Å². The van der Waals surface area contributed by atoms with Crippen LogP contribution >= 0.6 is 0 Å². The van der Waals surface area contributed by atoms with Crippen molar-refractivity contribution in [2.24, 2.45) is 10.9 Å². The molecule has 0 spiro atoms. The molecule has 0 unspecified atom stereocenters. The van der Waals surface area contributed by atoms with Crippen LogP contribution < -0.4 is 5.90 Å². The van der Waals surface area contributed by atoms with Gasteiger partial charge < -0.3 is 0 Å². The van der Waals surface area contributed by atoms with Gasteiger partial charge in [-0.15, -0.1) is 0 Å². The molecular weight excluding hydrogens is 108 g/mol. The van der Waals surface area contributed by atoms with E-state index in [2.05, 4.69) is 15.7 Å². The average molecular weight is 116 g/mol. The van der Waals surface area contributed by atoms with E-state index in [-0.39, 0.29) is 12.5 Å². The number of nitrogens with zero attached hydrogens (tertiary/aromatic N) is 1. The summed E-state index contributed by atoms with van der Waals surface area (Å²) in [5.41, 5.74) is 0. The molecule has 0 rings (SSSR count). The monoisotopic (exact) mass is 116 g/mol. The summed E-state index contributed by atoms with van der Waals surface area (Å²) in [4.78, 5) is 17.6. The zero-order chi connectivity index (χ0) is 6.41. The standard InChI is InChI=1S/C4H8N2O2/c1-2-6-4(7)3-8-5/h2H,3,5H2,1H3/b6-2+. The molecule has 1 amide bonds. The van der Waals surface area contributed by atoms with Crippen LogP contribution in [0.25, 0.3) is 0 Å². The van der Waals surface area contributed by atoms with E-state index in [1.807, 2.05) is 0 Å². The molecule has 4 heteroatoms. The molecule has 4 nitrogen and oxygen atoms in total. The molecule has 0 aliphatic rings. The molecule has 0 saturated carbocycles. The van der Waals surface area contributed by atoms with Gasteiger partial charge in [-0.1, -0.05) is 0 Å². The van der Waals surface area contributed by atoms with E-state index in [1.54, 1.807) is 6.92 Å². The number of hydrogen-bond donors (Lipinski definition) is 1. The molecule has 8 heavy (non-hydrogen) atoms. The van der Waals surface area contributed by atoms with Gasteiger partial charge in [-0.3, -0.25) is 9.63 Å². The zero-order valence-corrected chi connectivity index (χ0v) is 4.63. The number of carbonyl (C=O) groups excluding carboxylic acids is 1. The van der Waals surface area contributed by atoms with Crippen LogP contribution in [0.1, 0.15) is 6.92 Å². The highest BCUT2D eigenvalue weighted by Crippen LogP contribution is 1.71. The van der Waals surface area contributed by atoms with Gasteiger partial charge in [0, 0.05) is 6.21 Å². The highest BCUT2D eigenvalue weighted by molar-refractivity contribution is 5.85. The normalized spacial score (nSPS) is 10.2. The summed E-state index contributed by atoms with van der Waals surface area (Å²) in [5, 5.41) is 0. The second-order valence-electron chi connectivity index (χ2n) is 1.09. The molecule has 0 aromatic rings. The largest absolute Gasteiger partial charge is 0.295 e. The Labute approximate surface area is 47.3 Å². The van der Waals surface area contributed by atoms with Crippen molar-refractivity contribution in [3.63, 3.8) is 0 Å². The molecule has 0 aliphatic heterocycles. The van der Waals surface area contributed by atoms with Crippen LogP contribution in [-0.2, 0) is 9.63 Å². The van der Waals surface area contributed by atoms with Crippen molar-refractivity contribution in [1.82, 2.24) is 0 Å². The maximum Gasteiger partial charge on any atom is 0.273 e. The summed E-state index contributed by atoms with van der Waals surface area (Å²) >= 11 is 0. The van der Waals surface area contributed by atoms with Crippen LogP contribution in [0.2, 0.25) is 0 Å². The summed E-state index contributed by atoms with van der Waals surface area (Å²) in [6, 6.07) is 0. The van der Waals surface area contributed by atoms with E-state index in [4.69, 9.17) is 0 Å². The van der Waals surface area contributed by atoms with Crippen LogP contribution in [0, 0.1) is 0 Å². The van der Waals surface area contributed by atoms with Crippen molar-refractivity contribution in [1.29, 1.82) is 0 Å². The summed E-state index contributed by atoms with van der Waals surface area (Å²) in [6.07, 6.45) is 1.39. The third-order valence-electron chi connectivity index (χ3n) is 0.480. The van der Waals surface area contributed by atoms with Crippen LogP contribution in [0.15, 0.2) is 4.99 Å². The van der Waals surface area contributed by atoms with E-state index in [9.17, 15) is 4.79 Å². The summed E-state index contributed by atoms with van der Waals surface area (Å²) < 4.78 is 0. The second kappa shape index (κ2) is 4.42. The van der Waals surface area contributed by atoms with Crippen LogP contribution in [0.5, 0.6) is 0 Å². The van der Waals surface area contributed by atoms with Crippen LogP contribution in [-0.4, -0.2) is 18.7 Å². The number of aliphatic imine (C=N–C) groups is 1. The summed E-state index contributed by atoms with van der Waals surface area (Å²) in [5.74, 6) is 4.20. The lowest BCUT2D eigenvalue weighted by Crippen LogP contribution is -2.09. The third-order valence-corrected chi connectivity index (χ3v) is 0.480. The molecule has 0 heterocycles. The van der Waals surface area contributed by atoms with Gasteiger partial charge in [-0.25, -0.2) is 10.9 Å². The minimum atomic E-state index is -0.366. The van der Waals surface area contributed by atoms with Crippen molar-refractivity contribution in [2.45, 2.75) is 6.92 Å². The fraction of sp³-hybridized carbons (Fsp3) is 0.500. The molecule has 0 saturated heterocycles. The molecular formula is C4H8N2O2. The number of amides is 1. The van der Waals surface area contributed by atoms with Gasteiger partial charge in [0.2, 0.25) is 0 Å². The van der Waals surface area contributed by atoms with Crippen molar-refractivity contribution in [2.75, 3.05) is 6.61 Å². The van der Waals surface area contributed by atoms with Gasteiger partial charge in [-0.05, 0) is 6.92 Å². The molecule has 2 N–H and O–H groups in total. The van der Waals surface area contributed by atoms with E-state index < -0.39 is 0 Å². The Hall–Kier alpha value is -0.740. The van der Waals surface area contributed by atoms with Gasteiger partial charge in [0.15, 0.2) is 0 Å². The zero-order valence-electron chi connectivity index (χ0n) is 4.63. The first-order valence-electron chi connectivity index (χ1n) is 2.14. The molecule has 0 fully saturated rings. The Kier molecular flexibility index (Phi) is 4.01. The Morgan fingerprint density at radius 2 is 2.62 bits per heavy atom. The lowest BCUT2D eigenvalue weighted by molar-refractivity contribution is -0.122. The Balaban J connectivity index is 3.33. The maximum absolute atomic E-state index is 10.2. The third kappa shape index (κ3) is 3.45. The van der Waals surface area contributed by atoms with Crippen LogP contribution in [0.3, 0.4) is 0 Å². The Morgan fingerprint density at radius 1 is 2.00 bits per heavy atom.